The average molecular weight is 266 g/mol. The van der Waals surface area contributed by atoms with Crippen molar-refractivity contribution < 1.29 is 14.7 Å². The number of H-pyrrole nitrogens is 1. The Labute approximate surface area is 111 Å². The predicted molar refractivity (Wildman–Crippen MR) is 66.6 cm³/mol. The van der Waals surface area contributed by atoms with E-state index >= 15 is 0 Å². The van der Waals surface area contributed by atoms with Crippen LogP contribution in [0.25, 0.3) is 0 Å². The molecule has 19 heavy (non-hydrogen) atoms. The molecule has 104 valence electrons. The monoisotopic (exact) mass is 266 g/mol. The summed E-state index contributed by atoms with van der Waals surface area (Å²) in [6.07, 6.45) is 2.67. The molecule has 0 saturated carbocycles. The maximum absolute atomic E-state index is 12.3. The Morgan fingerprint density at radius 1 is 1.47 bits per heavy atom. The summed E-state index contributed by atoms with van der Waals surface area (Å²) in [5, 5.41) is 18.9. The Balaban J connectivity index is 1.95. The van der Waals surface area contributed by atoms with Gasteiger partial charge in [-0.1, -0.05) is 0 Å². The second-order valence-electron chi connectivity index (χ2n) is 4.95. The van der Waals surface area contributed by atoms with Crippen LogP contribution in [0.3, 0.4) is 0 Å². The molecule has 1 saturated heterocycles. The van der Waals surface area contributed by atoms with Gasteiger partial charge in [0.25, 0.3) is 5.91 Å². The summed E-state index contributed by atoms with van der Waals surface area (Å²) in [6.45, 7) is 3.05. The first-order chi connectivity index (χ1) is 9.08. The number of piperidine rings is 1. The Morgan fingerprint density at radius 3 is 2.89 bits per heavy atom. The molecular formula is C12H18N4O3. The number of carbonyl (C=O) groups is 2. The summed E-state index contributed by atoms with van der Waals surface area (Å²) >= 11 is 0. The number of carboxylic acid groups (broad SMARTS) is 1. The third-order valence-electron chi connectivity index (χ3n) is 3.50. The van der Waals surface area contributed by atoms with Crippen LogP contribution in [0.15, 0.2) is 0 Å². The lowest BCUT2D eigenvalue weighted by Crippen LogP contribution is -2.40. The zero-order chi connectivity index (χ0) is 13.8. The Hall–Kier alpha value is -1.92. The lowest BCUT2D eigenvalue weighted by molar-refractivity contribution is -0.137. The minimum absolute atomic E-state index is 0.119. The van der Waals surface area contributed by atoms with Crippen LogP contribution < -0.4 is 0 Å². The maximum atomic E-state index is 12.3. The number of amides is 1. The number of aryl methyl sites for hydroxylation is 1. The fourth-order valence-corrected chi connectivity index (χ4v) is 2.45. The summed E-state index contributed by atoms with van der Waals surface area (Å²) in [5.41, 5.74) is 0.955. The van der Waals surface area contributed by atoms with Crippen LogP contribution in [0.5, 0.6) is 0 Å². The number of aromatic nitrogens is 3. The molecule has 1 aromatic heterocycles. The molecular weight excluding hydrogens is 248 g/mol. The zero-order valence-corrected chi connectivity index (χ0v) is 10.9. The van der Waals surface area contributed by atoms with Crippen molar-refractivity contribution in [2.45, 2.75) is 32.6 Å². The van der Waals surface area contributed by atoms with E-state index in [1.807, 2.05) is 0 Å². The van der Waals surface area contributed by atoms with E-state index in [0.29, 0.717) is 30.9 Å². The van der Waals surface area contributed by atoms with Gasteiger partial charge < -0.3 is 10.0 Å². The number of rotatable bonds is 4. The number of nitrogens with zero attached hydrogens (tertiary/aromatic N) is 3. The van der Waals surface area contributed by atoms with E-state index < -0.39 is 5.97 Å². The van der Waals surface area contributed by atoms with Crippen molar-refractivity contribution in [1.82, 2.24) is 20.3 Å². The van der Waals surface area contributed by atoms with Crippen LogP contribution in [0.2, 0.25) is 0 Å². The third kappa shape index (κ3) is 3.30. The van der Waals surface area contributed by atoms with Gasteiger partial charge in [-0.3, -0.25) is 9.59 Å². The summed E-state index contributed by atoms with van der Waals surface area (Å²) in [5.74, 6) is -0.636. The first-order valence-electron chi connectivity index (χ1n) is 6.46. The van der Waals surface area contributed by atoms with Crippen LogP contribution in [0.1, 0.15) is 41.9 Å². The largest absolute Gasteiger partial charge is 0.481 e. The molecule has 1 atom stereocenters. The van der Waals surface area contributed by atoms with E-state index in [0.717, 1.165) is 12.8 Å². The van der Waals surface area contributed by atoms with E-state index in [1.54, 1.807) is 11.8 Å². The molecule has 0 bridgehead atoms. The number of carbonyl (C=O) groups excluding carboxylic acids is 1. The van der Waals surface area contributed by atoms with Gasteiger partial charge in [0.05, 0.1) is 5.69 Å². The highest BCUT2D eigenvalue weighted by Crippen LogP contribution is 2.22. The summed E-state index contributed by atoms with van der Waals surface area (Å²) in [4.78, 5) is 24.6. The van der Waals surface area contributed by atoms with Gasteiger partial charge in [-0.05, 0) is 32.1 Å². The van der Waals surface area contributed by atoms with Gasteiger partial charge in [0, 0.05) is 19.5 Å². The van der Waals surface area contributed by atoms with Gasteiger partial charge in [0.1, 0.15) is 0 Å². The molecule has 2 rings (SSSR count). The van der Waals surface area contributed by atoms with Crippen molar-refractivity contribution >= 4 is 11.9 Å². The average Bonchev–Trinajstić information content (AvgIpc) is 2.82. The standard InChI is InChI=1S/C12H18N4O3/c1-8-11(14-15-13-8)12(19)16-6-2-3-9(7-16)4-5-10(17)18/h9H,2-7H2,1H3,(H,17,18)(H,13,14,15). The van der Waals surface area contributed by atoms with Gasteiger partial charge >= 0.3 is 5.97 Å². The molecule has 1 aromatic rings. The second-order valence-corrected chi connectivity index (χ2v) is 4.95. The molecule has 7 heteroatoms. The van der Waals surface area contributed by atoms with E-state index in [-0.39, 0.29) is 18.2 Å². The topological polar surface area (TPSA) is 99.2 Å². The number of hydrogen-bond donors (Lipinski definition) is 2. The first-order valence-corrected chi connectivity index (χ1v) is 6.46. The summed E-state index contributed by atoms with van der Waals surface area (Å²) < 4.78 is 0. The van der Waals surface area contributed by atoms with Crippen LogP contribution >= 0.6 is 0 Å². The van der Waals surface area contributed by atoms with Crippen molar-refractivity contribution in [3.63, 3.8) is 0 Å². The molecule has 1 unspecified atom stereocenters. The highest BCUT2D eigenvalue weighted by atomic mass is 16.4. The molecule has 1 aliphatic rings. The smallest absolute Gasteiger partial charge is 0.303 e. The highest BCUT2D eigenvalue weighted by molar-refractivity contribution is 5.93. The van der Waals surface area contributed by atoms with Crippen LogP contribution in [-0.2, 0) is 4.79 Å². The second kappa shape index (κ2) is 5.81. The van der Waals surface area contributed by atoms with Crippen LogP contribution in [0.4, 0.5) is 0 Å². The van der Waals surface area contributed by atoms with Gasteiger partial charge in [0.15, 0.2) is 5.69 Å². The number of aliphatic carboxylic acids is 1. The molecule has 0 radical (unpaired) electrons. The maximum Gasteiger partial charge on any atom is 0.303 e. The van der Waals surface area contributed by atoms with Crippen molar-refractivity contribution in [3.05, 3.63) is 11.4 Å². The minimum Gasteiger partial charge on any atom is -0.481 e. The molecule has 1 aliphatic heterocycles. The molecule has 2 heterocycles. The van der Waals surface area contributed by atoms with Crippen molar-refractivity contribution in [1.29, 1.82) is 0 Å². The fourth-order valence-electron chi connectivity index (χ4n) is 2.45. The van der Waals surface area contributed by atoms with Crippen molar-refractivity contribution in [2.24, 2.45) is 5.92 Å². The lowest BCUT2D eigenvalue weighted by Gasteiger charge is -2.32. The molecule has 0 spiro atoms. The Morgan fingerprint density at radius 2 is 2.26 bits per heavy atom. The number of hydrogen-bond acceptors (Lipinski definition) is 4. The van der Waals surface area contributed by atoms with Gasteiger partial charge in [-0.25, -0.2) is 0 Å². The van der Waals surface area contributed by atoms with Crippen LogP contribution in [0, 0.1) is 12.8 Å². The lowest BCUT2D eigenvalue weighted by atomic mass is 9.93. The van der Waals surface area contributed by atoms with Crippen LogP contribution in [-0.4, -0.2) is 50.4 Å². The minimum atomic E-state index is -0.782. The zero-order valence-electron chi connectivity index (χ0n) is 10.9. The summed E-state index contributed by atoms with van der Waals surface area (Å²) in [6, 6.07) is 0. The first kappa shape index (κ1) is 13.5. The number of nitrogens with one attached hydrogen (secondary N) is 1. The number of aromatic amines is 1. The van der Waals surface area contributed by atoms with Gasteiger partial charge in [0.2, 0.25) is 0 Å². The van der Waals surface area contributed by atoms with E-state index in [1.165, 1.54) is 0 Å². The molecule has 1 fully saturated rings. The summed E-state index contributed by atoms with van der Waals surface area (Å²) in [7, 11) is 0. The molecule has 7 nitrogen and oxygen atoms in total. The van der Waals surface area contributed by atoms with E-state index in [9.17, 15) is 9.59 Å². The van der Waals surface area contributed by atoms with E-state index in [4.69, 9.17) is 5.11 Å². The van der Waals surface area contributed by atoms with Crippen molar-refractivity contribution in [3.8, 4) is 0 Å². The normalized spacial score (nSPS) is 19.4. The predicted octanol–water partition coefficient (Wildman–Crippen LogP) is 0.830. The molecule has 0 aromatic carbocycles. The van der Waals surface area contributed by atoms with Gasteiger partial charge in [-0.15, -0.1) is 0 Å². The fraction of sp³-hybridized carbons (Fsp3) is 0.667. The number of likely N-dealkylation sites (tertiary alicyclic amines) is 1. The highest BCUT2D eigenvalue weighted by Gasteiger charge is 2.27. The molecule has 1 amide bonds. The third-order valence-corrected chi connectivity index (χ3v) is 3.50. The molecule has 2 N–H and O–H groups in total. The quantitative estimate of drug-likeness (QED) is 0.841. The Kier molecular flexibility index (Phi) is 4.13. The molecule has 0 aliphatic carbocycles. The Bertz CT molecular complexity index is 471. The van der Waals surface area contributed by atoms with E-state index in [2.05, 4.69) is 15.4 Å². The number of carboxylic acids is 1. The SMILES string of the molecule is Cc1n[nH]nc1C(=O)N1CCCC(CCC(=O)O)C1. The van der Waals surface area contributed by atoms with Crippen molar-refractivity contribution in [2.75, 3.05) is 13.1 Å². The van der Waals surface area contributed by atoms with Gasteiger partial charge in [-0.2, -0.15) is 15.4 Å².